The first-order valence-electron chi connectivity index (χ1n) is 21.8. The first-order valence-corrected chi connectivity index (χ1v) is 21.8. The number of likely N-dealkylation sites (tertiary alicyclic amines) is 1. The van der Waals surface area contributed by atoms with Gasteiger partial charge in [-0.2, -0.15) is 0 Å². The van der Waals surface area contributed by atoms with Gasteiger partial charge in [0.25, 0.3) is 0 Å². The number of esters is 1. The average Bonchev–Trinajstić information content (AvgIpc) is 3.71. The number of carbonyl (C=O) groups excluding carboxylic acids is 5. The second-order valence-corrected chi connectivity index (χ2v) is 17.0. The number of methoxy groups -OCH3 is 3. The highest BCUT2D eigenvalue weighted by atomic mass is 16.5. The summed E-state index contributed by atoms with van der Waals surface area (Å²) in [5.74, 6) is -2.59. The van der Waals surface area contributed by atoms with Crippen molar-refractivity contribution >= 4 is 29.6 Å². The fourth-order valence-electron chi connectivity index (χ4n) is 8.40. The van der Waals surface area contributed by atoms with E-state index in [-0.39, 0.29) is 54.2 Å². The zero-order chi connectivity index (χ0) is 45.1. The molecule has 4 amide bonds. The molecule has 0 spiro atoms. The van der Waals surface area contributed by atoms with E-state index in [1.54, 1.807) is 30.9 Å². The number of benzene rings is 1. The van der Waals surface area contributed by atoms with Crippen LogP contribution in [0, 0.1) is 23.7 Å². The first-order chi connectivity index (χ1) is 28.5. The van der Waals surface area contributed by atoms with Crippen LogP contribution in [0.2, 0.25) is 0 Å². The molecule has 15 heteroatoms. The lowest BCUT2D eigenvalue weighted by Gasteiger charge is -2.41. The quantitative estimate of drug-likeness (QED) is 0.0880. The number of hydrogen-bond donors (Lipinski definition) is 3. The lowest BCUT2D eigenvalue weighted by Crippen LogP contribution is -2.60. The number of hydrogen-bond acceptors (Lipinski definition) is 11. The zero-order valence-corrected chi connectivity index (χ0v) is 38.8. The summed E-state index contributed by atoms with van der Waals surface area (Å²) < 4.78 is 22.7. The molecule has 342 valence electrons. The van der Waals surface area contributed by atoms with Crippen molar-refractivity contribution in [3.05, 3.63) is 35.9 Å². The molecule has 2 unspecified atom stereocenters. The van der Waals surface area contributed by atoms with E-state index < -0.39 is 54.3 Å². The van der Waals surface area contributed by atoms with E-state index in [1.807, 2.05) is 90.9 Å². The highest BCUT2D eigenvalue weighted by Gasteiger charge is 2.43. The molecule has 1 heterocycles. The van der Waals surface area contributed by atoms with Crippen LogP contribution in [0.3, 0.4) is 0 Å². The number of carbonyl (C=O) groups is 5. The second kappa shape index (κ2) is 26.6. The fraction of sp³-hybridized carbons (Fsp3) is 0.756. The van der Waals surface area contributed by atoms with Crippen molar-refractivity contribution in [2.75, 3.05) is 75.3 Å². The fourth-order valence-corrected chi connectivity index (χ4v) is 8.40. The SMILES string of the molecule is CC[C@H](C)C([C@@H](CC(=O)N1CCC[C@H]1[C@H](OC)[C@@H](C)C(=O)N[C@@H](Cc1ccccc1)C(=O)OC)OC)N(C)C(=O)[C@@H](NC(=O)C(C(C)C)N(C)CCOCCNC)C(C)C. The van der Waals surface area contributed by atoms with E-state index in [2.05, 4.69) is 16.0 Å². The molecule has 0 radical (unpaired) electrons. The number of amides is 4. The second-order valence-electron chi connectivity index (χ2n) is 17.0. The summed E-state index contributed by atoms with van der Waals surface area (Å²) >= 11 is 0. The van der Waals surface area contributed by atoms with Crippen LogP contribution in [0.5, 0.6) is 0 Å². The summed E-state index contributed by atoms with van der Waals surface area (Å²) in [5.41, 5.74) is 0.873. The van der Waals surface area contributed by atoms with E-state index >= 15 is 0 Å². The zero-order valence-electron chi connectivity index (χ0n) is 38.8. The lowest BCUT2D eigenvalue weighted by molar-refractivity contribution is -0.149. The Bertz CT molecular complexity index is 1470. The van der Waals surface area contributed by atoms with Crippen molar-refractivity contribution in [2.24, 2.45) is 23.7 Å². The molecule has 2 rings (SSSR count). The summed E-state index contributed by atoms with van der Waals surface area (Å²) in [6.45, 7) is 16.4. The van der Waals surface area contributed by atoms with Gasteiger partial charge in [-0.05, 0) is 50.3 Å². The van der Waals surface area contributed by atoms with Gasteiger partial charge in [0.1, 0.15) is 12.1 Å². The third-order valence-corrected chi connectivity index (χ3v) is 12.0. The first kappa shape index (κ1) is 52.5. The molecule has 0 bridgehead atoms. The molecule has 1 saturated heterocycles. The van der Waals surface area contributed by atoms with E-state index in [0.29, 0.717) is 39.1 Å². The van der Waals surface area contributed by atoms with Crippen molar-refractivity contribution in [2.45, 2.75) is 123 Å². The minimum Gasteiger partial charge on any atom is -0.467 e. The molecule has 0 aromatic heterocycles. The average molecular weight is 847 g/mol. The largest absolute Gasteiger partial charge is 0.467 e. The molecule has 1 aliphatic heterocycles. The van der Waals surface area contributed by atoms with Crippen LogP contribution in [-0.2, 0) is 49.3 Å². The summed E-state index contributed by atoms with van der Waals surface area (Å²) in [4.78, 5) is 74.5. The van der Waals surface area contributed by atoms with Gasteiger partial charge in [0.15, 0.2) is 0 Å². The normalized spacial score (nSPS) is 18.3. The van der Waals surface area contributed by atoms with Crippen LogP contribution >= 0.6 is 0 Å². The third kappa shape index (κ3) is 15.1. The molecule has 9 atom stereocenters. The maximum atomic E-state index is 14.5. The van der Waals surface area contributed by atoms with Gasteiger partial charge < -0.3 is 44.7 Å². The molecule has 60 heavy (non-hydrogen) atoms. The summed E-state index contributed by atoms with van der Waals surface area (Å²) in [6, 6.07) is 6.30. The Balaban J connectivity index is 2.26. The number of rotatable bonds is 27. The highest BCUT2D eigenvalue weighted by Crippen LogP contribution is 2.30. The van der Waals surface area contributed by atoms with Gasteiger partial charge in [-0.15, -0.1) is 0 Å². The topological polar surface area (TPSA) is 168 Å². The number of nitrogens with one attached hydrogen (secondary N) is 3. The van der Waals surface area contributed by atoms with Crippen LogP contribution in [-0.4, -0.2) is 162 Å². The van der Waals surface area contributed by atoms with Crippen molar-refractivity contribution in [3.63, 3.8) is 0 Å². The Kier molecular flexibility index (Phi) is 23.3. The van der Waals surface area contributed by atoms with E-state index in [4.69, 9.17) is 18.9 Å². The van der Waals surface area contributed by atoms with Crippen molar-refractivity contribution in [1.82, 2.24) is 30.7 Å². The predicted molar refractivity (Wildman–Crippen MR) is 233 cm³/mol. The summed E-state index contributed by atoms with van der Waals surface area (Å²) in [7, 11) is 9.86. The van der Waals surface area contributed by atoms with Crippen LogP contribution in [0.15, 0.2) is 30.3 Å². The van der Waals surface area contributed by atoms with E-state index in [0.717, 1.165) is 18.5 Å². The Hall–Kier alpha value is -3.63. The number of ether oxygens (including phenoxy) is 4. The molecule has 3 N–H and O–H groups in total. The molecule has 15 nitrogen and oxygen atoms in total. The minimum atomic E-state index is -0.897. The maximum absolute atomic E-state index is 14.5. The Morgan fingerprint density at radius 1 is 0.883 bits per heavy atom. The van der Waals surface area contributed by atoms with Crippen LogP contribution in [0.1, 0.15) is 79.7 Å². The van der Waals surface area contributed by atoms with E-state index in [1.165, 1.54) is 14.2 Å². The van der Waals surface area contributed by atoms with Gasteiger partial charge in [-0.25, -0.2) is 4.79 Å². The number of nitrogens with zero attached hydrogens (tertiary/aromatic N) is 3. The van der Waals surface area contributed by atoms with Crippen LogP contribution in [0.4, 0.5) is 0 Å². The predicted octanol–water partition coefficient (Wildman–Crippen LogP) is 3.14. The van der Waals surface area contributed by atoms with Crippen molar-refractivity contribution in [1.29, 1.82) is 0 Å². The highest BCUT2D eigenvalue weighted by molar-refractivity contribution is 5.90. The molecular weight excluding hydrogens is 769 g/mol. The standard InChI is InChI=1S/C45H78N6O9/c1-14-31(6)40(50(10)44(55)38(29(2)3)48-43(54)39(30(4)5)49(9)24-26-60-25-22-46-8)36(57-11)28-37(52)51-23-18-21-35(51)41(58-12)32(7)42(53)47-34(45(56)59-13)27-33-19-16-15-17-20-33/h15-17,19-20,29-32,34-36,38-41,46H,14,18,21-28H2,1-13H3,(H,47,53)(H,48,54)/t31-,32+,34-,35-,36+,38-,39?,40?,41+/m0/s1. The Labute approximate surface area is 360 Å². The van der Waals surface area contributed by atoms with Gasteiger partial charge in [-0.3, -0.25) is 24.1 Å². The summed E-state index contributed by atoms with van der Waals surface area (Å²) in [6.07, 6.45) is 1.00. The molecule has 0 saturated carbocycles. The molecule has 1 aliphatic rings. The molecule has 1 aromatic carbocycles. The van der Waals surface area contributed by atoms with Crippen LogP contribution < -0.4 is 16.0 Å². The van der Waals surface area contributed by atoms with E-state index in [9.17, 15) is 24.0 Å². The molecule has 1 fully saturated rings. The number of likely N-dealkylation sites (N-methyl/N-ethyl adjacent to an activating group) is 3. The lowest BCUT2D eigenvalue weighted by atomic mass is 9.89. The molecule has 0 aliphatic carbocycles. The molecular formula is C45H78N6O9. The van der Waals surface area contributed by atoms with Gasteiger partial charge >= 0.3 is 5.97 Å². The maximum Gasteiger partial charge on any atom is 0.328 e. The third-order valence-electron chi connectivity index (χ3n) is 12.0. The van der Waals surface area contributed by atoms with Crippen molar-refractivity contribution < 1.29 is 42.9 Å². The van der Waals surface area contributed by atoms with Crippen molar-refractivity contribution in [3.8, 4) is 0 Å². The smallest absolute Gasteiger partial charge is 0.328 e. The minimum absolute atomic E-state index is 0.00651. The Morgan fingerprint density at radius 3 is 2.10 bits per heavy atom. The summed E-state index contributed by atoms with van der Waals surface area (Å²) in [5, 5.41) is 9.01. The van der Waals surface area contributed by atoms with Gasteiger partial charge in [0.2, 0.25) is 23.6 Å². The van der Waals surface area contributed by atoms with Gasteiger partial charge in [0, 0.05) is 47.3 Å². The van der Waals surface area contributed by atoms with Gasteiger partial charge in [-0.1, -0.05) is 85.2 Å². The van der Waals surface area contributed by atoms with Crippen LogP contribution in [0.25, 0.3) is 0 Å². The van der Waals surface area contributed by atoms with Gasteiger partial charge in [0.05, 0.1) is 63.0 Å². The monoisotopic (exact) mass is 847 g/mol. The Morgan fingerprint density at radius 2 is 1.55 bits per heavy atom. The molecule has 1 aromatic rings.